The zero-order chi connectivity index (χ0) is 22.0. The van der Waals surface area contributed by atoms with Crippen LogP contribution in [0, 0.1) is 0 Å². The van der Waals surface area contributed by atoms with E-state index in [0.29, 0.717) is 18.3 Å². The van der Waals surface area contributed by atoms with Gasteiger partial charge in [0.1, 0.15) is 11.5 Å². The molecule has 1 aliphatic heterocycles. The predicted octanol–water partition coefficient (Wildman–Crippen LogP) is 3.43. The van der Waals surface area contributed by atoms with Crippen LogP contribution in [-0.4, -0.2) is 49.6 Å². The predicted molar refractivity (Wildman–Crippen MR) is 120 cm³/mol. The molecule has 1 N–H and O–H groups in total. The minimum atomic E-state index is -0.219. The Balaban J connectivity index is 1.58. The van der Waals surface area contributed by atoms with Crippen LogP contribution in [-0.2, 0) is 16.1 Å². The number of carbonyl (C=O) groups is 2. The molecule has 2 amide bonds. The first kappa shape index (κ1) is 21.2. The third kappa shape index (κ3) is 4.66. The van der Waals surface area contributed by atoms with Crippen LogP contribution in [0.1, 0.15) is 31.7 Å². The van der Waals surface area contributed by atoms with Gasteiger partial charge in [0.2, 0.25) is 11.8 Å². The minimum Gasteiger partial charge on any atom is -0.497 e. The normalized spacial score (nSPS) is 18.3. The number of methoxy groups -OCH3 is 2. The van der Waals surface area contributed by atoms with Crippen LogP contribution in [0.25, 0.3) is 0 Å². The van der Waals surface area contributed by atoms with E-state index in [1.807, 2.05) is 49.4 Å². The van der Waals surface area contributed by atoms with Gasteiger partial charge < -0.3 is 19.7 Å². The summed E-state index contributed by atoms with van der Waals surface area (Å²) in [6.45, 7) is 2.79. The number of benzene rings is 2. The summed E-state index contributed by atoms with van der Waals surface area (Å²) in [5.41, 5.74) is 2.42. The van der Waals surface area contributed by atoms with Crippen molar-refractivity contribution in [1.82, 2.24) is 4.90 Å². The van der Waals surface area contributed by atoms with Crippen LogP contribution < -0.4 is 19.7 Å². The second-order valence-corrected chi connectivity index (χ2v) is 8.20. The Morgan fingerprint density at radius 2 is 1.94 bits per heavy atom. The summed E-state index contributed by atoms with van der Waals surface area (Å²) in [6.07, 6.45) is 2.42. The van der Waals surface area contributed by atoms with E-state index in [2.05, 4.69) is 10.2 Å². The first-order chi connectivity index (χ1) is 15.0. The molecule has 0 spiro atoms. The molecule has 2 aromatic rings. The SMILES string of the molecule is COc1ccc(OC)c(CN(CC(=O)N2c3ccccc3NC(=O)CC2C)C2CC2)c1. The van der Waals surface area contributed by atoms with Crippen molar-refractivity contribution in [2.24, 2.45) is 0 Å². The third-order valence-electron chi connectivity index (χ3n) is 5.89. The van der Waals surface area contributed by atoms with Crippen molar-refractivity contribution in [2.75, 3.05) is 31.0 Å². The lowest BCUT2D eigenvalue weighted by molar-refractivity contribution is -0.120. The number of carbonyl (C=O) groups excluding carboxylic acids is 2. The van der Waals surface area contributed by atoms with Crippen LogP contribution >= 0.6 is 0 Å². The molecule has 1 aliphatic carbocycles. The molecule has 31 heavy (non-hydrogen) atoms. The Morgan fingerprint density at radius 1 is 1.16 bits per heavy atom. The van der Waals surface area contributed by atoms with Crippen molar-refractivity contribution in [3.05, 3.63) is 48.0 Å². The van der Waals surface area contributed by atoms with Crippen LogP contribution in [0.4, 0.5) is 11.4 Å². The number of nitrogens with zero attached hydrogens (tertiary/aromatic N) is 2. The molecule has 0 saturated heterocycles. The van der Waals surface area contributed by atoms with Gasteiger partial charge in [-0.2, -0.15) is 0 Å². The van der Waals surface area contributed by atoms with Gasteiger partial charge in [0.25, 0.3) is 0 Å². The fraction of sp³-hybridized carbons (Fsp3) is 0.417. The molecular weight excluding hydrogens is 394 g/mol. The fourth-order valence-electron chi connectivity index (χ4n) is 4.20. The van der Waals surface area contributed by atoms with Gasteiger partial charge in [0, 0.05) is 30.6 Å². The Labute approximate surface area is 182 Å². The first-order valence-electron chi connectivity index (χ1n) is 10.7. The molecule has 1 unspecified atom stereocenters. The van der Waals surface area contributed by atoms with Gasteiger partial charge in [0.15, 0.2) is 0 Å². The van der Waals surface area contributed by atoms with Gasteiger partial charge in [-0.25, -0.2) is 0 Å². The molecule has 7 heteroatoms. The molecule has 0 aromatic heterocycles. The lowest BCUT2D eigenvalue weighted by Crippen LogP contribution is -2.45. The van der Waals surface area contributed by atoms with E-state index in [4.69, 9.17) is 9.47 Å². The largest absolute Gasteiger partial charge is 0.497 e. The second kappa shape index (κ2) is 8.98. The van der Waals surface area contributed by atoms with Gasteiger partial charge in [-0.15, -0.1) is 0 Å². The second-order valence-electron chi connectivity index (χ2n) is 8.20. The van der Waals surface area contributed by atoms with E-state index < -0.39 is 0 Å². The van der Waals surface area contributed by atoms with Crippen molar-refractivity contribution >= 4 is 23.2 Å². The number of rotatable bonds is 7. The maximum atomic E-state index is 13.5. The first-order valence-corrected chi connectivity index (χ1v) is 10.7. The van der Waals surface area contributed by atoms with Crippen molar-refractivity contribution in [3.63, 3.8) is 0 Å². The van der Waals surface area contributed by atoms with Crippen LogP contribution in [0.15, 0.2) is 42.5 Å². The molecule has 2 aliphatic rings. The van der Waals surface area contributed by atoms with Gasteiger partial charge in [-0.3, -0.25) is 14.5 Å². The smallest absolute Gasteiger partial charge is 0.241 e. The summed E-state index contributed by atoms with van der Waals surface area (Å²) in [6, 6.07) is 13.4. The number of fused-ring (bicyclic) bond motifs is 1. The van der Waals surface area contributed by atoms with E-state index in [9.17, 15) is 9.59 Å². The molecule has 4 rings (SSSR count). The number of hydrogen-bond donors (Lipinski definition) is 1. The van der Waals surface area contributed by atoms with Crippen molar-refractivity contribution < 1.29 is 19.1 Å². The Bertz CT molecular complexity index is 973. The molecule has 1 fully saturated rings. The number of anilines is 2. The lowest BCUT2D eigenvalue weighted by atomic mass is 10.1. The number of para-hydroxylation sites is 2. The minimum absolute atomic E-state index is 0.00906. The molecule has 7 nitrogen and oxygen atoms in total. The van der Waals surface area contributed by atoms with E-state index in [0.717, 1.165) is 35.6 Å². The topological polar surface area (TPSA) is 71.1 Å². The van der Waals surface area contributed by atoms with Crippen molar-refractivity contribution in [2.45, 2.75) is 44.8 Å². The van der Waals surface area contributed by atoms with Crippen LogP contribution in [0.2, 0.25) is 0 Å². The highest BCUT2D eigenvalue weighted by Gasteiger charge is 2.35. The monoisotopic (exact) mass is 423 g/mol. The summed E-state index contributed by atoms with van der Waals surface area (Å²) in [5, 5.41) is 2.92. The van der Waals surface area contributed by atoms with Gasteiger partial charge in [0.05, 0.1) is 32.1 Å². The molecular formula is C24H29N3O4. The average molecular weight is 424 g/mol. The number of ether oxygens (including phenoxy) is 2. The maximum absolute atomic E-state index is 13.5. The van der Waals surface area contributed by atoms with Gasteiger partial charge in [-0.1, -0.05) is 12.1 Å². The summed E-state index contributed by atoms with van der Waals surface area (Å²) in [7, 11) is 3.29. The van der Waals surface area contributed by atoms with E-state index >= 15 is 0 Å². The molecule has 2 aromatic carbocycles. The fourth-order valence-corrected chi connectivity index (χ4v) is 4.20. The lowest BCUT2D eigenvalue weighted by Gasteiger charge is -2.31. The van der Waals surface area contributed by atoms with Crippen molar-refractivity contribution in [3.8, 4) is 11.5 Å². The van der Waals surface area contributed by atoms with E-state index in [1.165, 1.54) is 0 Å². The number of amides is 2. The summed E-state index contributed by atoms with van der Waals surface area (Å²) in [5.74, 6) is 1.46. The zero-order valence-electron chi connectivity index (χ0n) is 18.3. The molecule has 1 heterocycles. The quantitative estimate of drug-likeness (QED) is 0.739. The molecule has 164 valence electrons. The standard InChI is InChI=1S/C24H29N3O4/c1-16-12-23(28)25-20-6-4-5-7-21(20)27(16)24(29)15-26(18-8-9-18)14-17-13-19(30-2)10-11-22(17)31-3/h4-7,10-11,13,16,18H,8-9,12,14-15H2,1-3H3,(H,25,28). The Morgan fingerprint density at radius 3 is 2.65 bits per heavy atom. The maximum Gasteiger partial charge on any atom is 0.241 e. The highest BCUT2D eigenvalue weighted by molar-refractivity contribution is 6.04. The van der Waals surface area contributed by atoms with E-state index in [1.54, 1.807) is 19.1 Å². The summed E-state index contributed by atoms with van der Waals surface area (Å²) >= 11 is 0. The number of nitrogens with one attached hydrogen (secondary N) is 1. The van der Waals surface area contributed by atoms with E-state index in [-0.39, 0.29) is 30.8 Å². The zero-order valence-corrected chi connectivity index (χ0v) is 18.3. The highest BCUT2D eigenvalue weighted by Crippen LogP contribution is 2.34. The van der Waals surface area contributed by atoms with Gasteiger partial charge >= 0.3 is 0 Å². The van der Waals surface area contributed by atoms with Gasteiger partial charge in [-0.05, 0) is 50.1 Å². The summed E-state index contributed by atoms with van der Waals surface area (Å²) < 4.78 is 10.9. The number of hydrogen-bond acceptors (Lipinski definition) is 5. The van der Waals surface area contributed by atoms with Crippen LogP contribution in [0.3, 0.4) is 0 Å². The molecule has 1 atom stereocenters. The third-order valence-corrected chi connectivity index (χ3v) is 5.89. The van der Waals surface area contributed by atoms with Crippen molar-refractivity contribution in [1.29, 1.82) is 0 Å². The summed E-state index contributed by atoms with van der Waals surface area (Å²) in [4.78, 5) is 29.8. The Hall–Kier alpha value is -3.06. The highest BCUT2D eigenvalue weighted by atomic mass is 16.5. The molecule has 1 saturated carbocycles. The Kier molecular flexibility index (Phi) is 6.13. The van der Waals surface area contributed by atoms with Crippen LogP contribution in [0.5, 0.6) is 11.5 Å². The molecule has 0 radical (unpaired) electrons. The average Bonchev–Trinajstić information content (AvgIpc) is 3.60. The molecule has 0 bridgehead atoms.